The van der Waals surface area contributed by atoms with Crippen molar-refractivity contribution in [3.05, 3.63) is 0 Å². The highest BCUT2D eigenvalue weighted by Crippen LogP contribution is 2.46. The fourth-order valence-corrected chi connectivity index (χ4v) is 9.89. The van der Waals surface area contributed by atoms with Crippen LogP contribution in [0.4, 0.5) is 0 Å². The minimum Gasteiger partial charge on any atom is -0.379 e. The summed E-state index contributed by atoms with van der Waals surface area (Å²) in [5.74, 6) is 2.11. The van der Waals surface area contributed by atoms with Crippen LogP contribution in [-0.2, 0) is 23.1 Å². The fourth-order valence-electron chi connectivity index (χ4n) is 8.57. The Morgan fingerprint density at radius 2 is 0.940 bits per heavy atom. The van der Waals surface area contributed by atoms with E-state index in [-0.39, 0.29) is 12.7 Å². The van der Waals surface area contributed by atoms with E-state index in [1.54, 1.807) is 0 Å². The van der Waals surface area contributed by atoms with Gasteiger partial charge in [0, 0.05) is 19.8 Å². The van der Waals surface area contributed by atoms with E-state index < -0.39 is 7.75 Å². The first-order valence-electron chi connectivity index (χ1n) is 22.6. The Bertz CT molecular complexity index is 777. The topological polar surface area (TPSA) is 66.0 Å². The Morgan fingerprint density at radius 1 is 0.520 bits per heavy atom. The van der Waals surface area contributed by atoms with Gasteiger partial charge in [-0.3, -0.25) is 9.05 Å². The molecule has 1 N–H and O–H groups in total. The second kappa shape index (κ2) is 31.4. The zero-order valence-electron chi connectivity index (χ0n) is 33.0. The molecule has 2 aliphatic carbocycles. The maximum atomic E-state index is 12.6. The molecule has 7 heteroatoms. The largest absolute Gasteiger partial charge is 0.405 e. The Kier molecular flexibility index (Phi) is 27.9. The quantitative estimate of drug-likeness (QED) is 0.0526. The lowest BCUT2D eigenvalue weighted by Crippen LogP contribution is -2.27. The van der Waals surface area contributed by atoms with E-state index in [2.05, 4.69) is 5.09 Å². The second-order valence-electron chi connectivity index (χ2n) is 16.5. The van der Waals surface area contributed by atoms with E-state index in [0.717, 1.165) is 31.3 Å². The minimum absolute atomic E-state index is 0.207. The van der Waals surface area contributed by atoms with Gasteiger partial charge in [0.25, 0.3) is 0 Å². The van der Waals surface area contributed by atoms with Gasteiger partial charge in [0.2, 0.25) is 0 Å². The van der Waals surface area contributed by atoms with Gasteiger partial charge < -0.3 is 9.47 Å². The Labute approximate surface area is 311 Å². The summed E-state index contributed by atoms with van der Waals surface area (Å²) in [4.78, 5) is 0. The van der Waals surface area contributed by atoms with E-state index in [1.807, 2.05) is 0 Å². The molecule has 1 heterocycles. The molecule has 1 saturated heterocycles. The highest BCUT2D eigenvalue weighted by Gasteiger charge is 2.30. The first-order chi connectivity index (χ1) is 24.7. The SMILES string of the molecule is O=P1(OCC(COCCCCCCCCCCCCCC2CCCCC2)OCCCCCCCCCCCCCC2CCCCC2)NCCO1. The van der Waals surface area contributed by atoms with Crippen molar-refractivity contribution in [2.45, 2.75) is 224 Å². The van der Waals surface area contributed by atoms with Crippen molar-refractivity contribution in [3.63, 3.8) is 0 Å². The Morgan fingerprint density at radius 3 is 1.38 bits per heavy atom. The van der Waals surface area contributed by atoms with Crippen LogP contribution >= 0.6 is 7.75 Å². The summed E-state index contributed by atoms with van der Waals surface area (Å²) in [6.45, 7) is 3.19. The first kappa shape index (κ1) is 44.4. The van der Waals surface area contributed by atoms with Gasteiger partial charge >= 0.3 is 7.75 Å². The van der Waals surface area contributed by atoms with Crippen LogP contribution in [0.2, 0.25) is 0 Å². The normalized spacial score (nSPS) is 21.3. The number of ether oxygens (including phenoxy) is 2. The van der Waals surface area contributed by atoms with E-state index in [4.69, 9.17) is 18.5 Å². The molecule has 3 fully saturated rings. The van der Waals surface area contributed by atoms with Crippen LogP contribution in [0.1, 0.15) is 218 Å². The summed E-state index contributed by atoms with van der Waals surface area (Å²) in [6.07, 6.45) is 47.6. The third kappa shape index (κ3) is 24.4. The van der Waals surface area contributed by atoms with Crippen molar-refractivity contribution >= 4 is 7.75 Å². The zero-order valence-corrected chi connectivity index (χ0v) is 33.9. The summed E-state index contributed by atoms with van der Waals surface area (Å²) in [5.41, 5.74) is 0. The lowest BCUT2D eigenvalue weighted by atomic mass is 9.85. The van der Waals surface area contributed by atoms with Gasteiger partial charge in [-0.25, -0.2) is 9.65 Å². The minimum atomic E-state index is -3.17. The molecule has 0 aromatic carbocycles. The second-order valence-corrected chi connectivity index (χ2v) is 18.3. The molecule has 1 aliphatic heterocycles. The van der Waals surface area contributed by atoms with E-state index in [9.17, 15) is 4.57 Å². The van der Waals surface area contributed by atoms with Gasteiger partial charge in [0.15, 0.2) is 0 Å². The molecule has 0 aromatic heterocycles. The summed E-state index contributed by atoms with van der Waals surface area (Å²) in [7, 11) is -3.17. The average molecular weight is 726 g/mol. The van der Waals surface area contributed by atoms with Gasteiger partial charge in [0.05, 0.1) is 19.8 Å². The average Bonchev–Trinajstić information content (AvgIpc) is 3.59. The van der Waals surface area contributed by atoms with Crippen LogP contribution in [0.5, 0.6) is 0 Å². The van der Waals surface area contributed by atoms with Crippen molar-refractivity contribution in [2.75, 3.05) is 39.6 Å². The summed E-state index contributed by atoms with van der Waals surface area (Å²) in [5, 5.41) is 2.86. The number of nitrogens with one attached hydrogen (secondary N) is 1. The van der Waals surface area contributed by atoms with Crippen LogP contribution in [0, 0.1) is 11.8 Å². The predicted molar refractivity (Wildman–Crippen MR) is 212 cm³/mol. The zero-order chi connectivity index (χ0) is 35.1. The van der Waals surface area contributed by atoms with Crippen molar-refractivity contribution in [3.8, 4) is 0 Å². The molecule has 3 rings (SSSR count). The highest BCUT2D eigenvalue weighted by molar-refractivity contribution is 7.51. The molecule has 2 unspecified atom stereocenters. The molecule has 50 heavy (non-hydrogen) atoms. The van der Waals surface area contributed by atoms with Gasteiger partial charge in [-0.1, -0.05) is 205 Å². The number of rotatable bonds is 34. The molecule has 0 amide bonds. The van der Waals surface area contributed by atoms with Crippen LogP contribution in [-0.4, -0.2) is 45.7 Å². The number of hydrogen-bond donors (Lipinski definition) is 1. The standard InChI is InChI=1S/C43H84NO5P/c45-50(44-35-38-48-50)49-40-43(47-37-28-18-14-10-6-2-4-8-12-16-22-30-42-33-25-20-26-34-42)39-46-36-27-17-13-9-5-1-3-7-11-15-21-29-41-31-23-19-24-32-41/h41-43H,1-40H2,(H,44,45). The van der Waals surface area contributed by atoms with Crippen molar-refractivity contribution in [2.24, 2.45) is 11.8 Å². The summed E-state index contributed by atoms with van der Waals surface area (Å²) < 4.78 is 35.7. The van der Waals surface area contributed by atoms with E-state index in [0.29, 0.717) is 26.4 Å². The third-order valence-electron chi connectivity index (χ3n) is 11.9. The highest BCUT2D eigenvalue weighted by atomic mass is 31.2. The molecule has 6 nitrogen and oxygen atoms in total. The molecule has 0 aromatic rings. The lowest BCUT2D eigenvalue weighted by Gasteiger charge is -2.21. The number of unbranched alkanes of at least 4 members (excludes halogenated alkanes) is 20. The van der Waals surface area contributed by atoms with Crippen LogP contribution in [0.3, 0.4) is 0 Å². The molecule has 3 aliphatic rings. The Balaban J connectivity index is 1.08. The third-order valence-corrected chi connectivity index (χ3v) is 13.5. The van der Waals surface area contributed by atoms with E-state index in [1.165, 1.54) is 205 Å². The summed E-state index contributed by atoms with van der Waals surface area (Å²) >= 11 is 0. The van der Waals surface area contributed by atoms with Gasteiger partial charge in [-0.2, -0.15) is 0 Å². The molecule has 0 radical (unpaired) electrons. The molecule has 0 bridgehead atoms. The number of hydrogen-bond acceptors (Lipinski definition) is 5. The predicted octanol–water partition coefficient (Wildman–Crippen LogP) is 13.7. The van der Waals surface area contributed by atoms with Crippen molar-refractivity contribution in [1.82, 2.24) is 5.09 Å². The maximum absolute atomic E-state index is 12.6. The monoisotopic (exact) mass is 726 g/mol. The van der Waals surface area contributed by atoms with Gasteiger partial charge in [0.1, 0.15) is 6.10 Å². The molecule has 296 valence electrons. The molecule has 2 atom stereocenters. The van der Waals surface area contributed by atoms with Crippen LogP contribution < -0.4 is 5.09 Å². The smallest absolute Gasteiger partial charge is 0.379 e. The lowest BCUT2D eigenvalue weighted by molar-refractivity contribution is -0.0408. The van der Waals surface area contributed by atoms with Crippen molar-refractivity contribution in [1.29, 1.82) is 0 Å². The fraction of sp³-hybridized carbons (Fsp3) is 1.00. The first-order valence-corrected chi connectivity index (χ1v) is 24.1. The van der Waals surface area contributed by atoms with Crippen molar-refractivity contribution < 1.29 is 23.1 Å². The van der Waals surface area contributed by atoms with Gasteiger partial charge in [-0.05, 0) is 24.7 Å². The maximum Gasteiger partial charge on any atom is 0.405 e. The molecular weight excluding hydrogens is 641 g/mol. The molecule has 0 spiro atoms. The van der Waals surface area contributed by atoms with Gasteiger partial charge in [-0.15, -0.1) is 0 Å². The Hall–Kier alpha value is 0.0300. The van der Waals surface area contributed by atoms with Crippen LogP contribution in [0.25, 0.3) is 0 Å². The molecule has 2 saturated carbocycles. The van der Waals surface area contributed by atoms with E-state index >= 15 is 0 Å². The van der Waals surface area contributed by atoms with Crippen LogP contribution in [0.15, 0.2) is 0 Å². The summed E-state index contributed by atoms with van der Waals surface area (Å²) in [6, 6.07) is 0. The molecular formula is C43H84NO5P.